The molecule has 0 N–H and O–H groups in total. The van der Waals surface area contributed by atoms with Crippen molar-refractivity contribution < 1.29 is 9.59 Å². The van der Waals surface area contributed by atoms with Crippen molar-refractivity contribution in [2.45, 2.75) is 13.3 Å². The second kappa shape index (κ2) is 9.39. The van der Waals surface area contributed by atoms with Crippen LogP contribution in [0.5, 0.6) is 0 Å². The molecular weight excluding hydrogens is 475 g/mol. The van der Waals surface area contributed by atoms with Gasteiger partial charge in [0, 0.05) is 0 Å². The van der Waals surface area contributed by atoms with Crippen molar-refractivity contribution in [3.05, 3.63) is 130 Å². The summed E-state index contributed by atoms with van der Waals surface area (Å²) in [6.07, 6.45) is 4.52. The Hall–Kier alpha value is -2.72. The summed E-state index contributed by atoms with van der Waals surface area (Å²) in [5.41, 5.74) is 3.74. The van der Waals surface area contributed by atoms with Crippen molar-refractivity contribution in [1.29, 1.82) is 0 Å². The van der Waals surface area contributed by atoms with Crippen LogP contribution >= 0.6 is 0 Å². The van der Waals surface area contributed by atoms with E-state index in [0.717, 1.165) is 16.9 Å². The molecule has 1 aliphatic rings. The fourth-order valence-electron chi connectivity index (χ4n) is 4.36. The molecule has 0 saturated carbocycles. The first kappa shape index (κ1) is 20.5. The molecule has 0 spiro atoms. The Morgan fingerprint density at radius 3 is 1.33 bits per heavy atom. The first-order valence-corrected chi connectivity index (χ1v) is 17.7. The van der Waals surface area contributed by atoms with Gasteiger partial charge in [0.1, 0.15) is 0 Å². The van der Waals surface area contributed by atoms with Crippen molar-refractivity contribution in [1.82, 2.24) is 0 Å². The Morgan fingerprint density at radius 2 is 0.933 bits per heavy atom. The summed E-state index contributed by atoms with van der Waals surface area (Å²) in [6.45, 7) is 0. The van der Waals surface area contributed by atoms with Crippen LogP contribution in [-0.4, -0.2) is 29.9 Å². The van der Waals surface area contributed by atoms with Gasteiger partial charge in [-0.3, -0.25) is 0 Å². The number of benzene rings is 3. The molecule has 0 fully saturated rings. The molecule has 4 rings (SSSR count). The zero-order valence-corrected chi connectivity index (χ0v) is 19.7. The van der Waals surface area contributed by atoms with Crippen LogP contribution < -0.4 is 0 Å². The molecule has 3 aromatic carbocycles. The average Bonchev–Trinajstić information content (AvgIpc) is 2.77. The van der Waals surface area contributed by atoms with Crippen LogP contribution in [0.15, 0.2) is 113 Å². The van der Waals surface area contributed by atoms with Gasteiger partial charge >= 0.3 is 182 Å². The molecule has 0 amide bonds. The number of hydrogen-bond acceptors (Lipinski definition) is 2. The number of allylic oxidation sites excluding steroid dienone is 4. The van der Waals surface area contributed by atoms with E-state index in [1.807, 2.05) is 18.2 Å². The van der Waals surface area contributed by atoms with E-state index in [4.69, 9.17) is 0 Å². The zero-order chi connectivity index (χ0) is 20.8. The van der Waals surface area contributed by atoms with Gasteiger partial charge in [-0.25, -0.2) is 0 Å². The van der Waals surface area contributed by atoms with Crippen LogP contribution in [0.25, 0.3) is 0 Å². The molecule has 0 unspecified atom stereocenters. The van der Waals surface area contributed by atoms with Gasteiger partial charge in [-0.05, 0) is 0 Å². The second-order valence-corrected chi connectivity index (χ2v) is 19.8. The van der Waals surface area contributed by atoms with Crippen LogP contribution in [0.3, 0.4) is 0 Å². The van der Waals surface area contributed by atoms with Gasteiger partial charge in [-0.15, -0.1) is 0 Å². The first-order chi connectivity index (χ1) is 14.6. The van der Waals surface area contributed by atoms with E-state index in [0.29, 0.717) is 0 Å². The second-order valence-electron chi connectivity index (χ2n) is 7.93. The first-order valence-electron chi connectivity index (χ1n) is 10.2. The van der Waals surface area contributed by atoms with Crippen LogP contribution in [-0.2, 0) is 22.9 Å². The van der Waals surface area contributed by atoms with Crippen molar-refractivity contribution >= 4 is 29.9 Å². The van der Waals surface area contributed by atoms with E-state index in [9.17, 15) is 9.59 Å². The normalized spacial score (nSPS) is 13.9. The van der Waals surface area contributed by atoms with Gasteiger partial charge in [0.15, 0.2) is 0 Å². The predicted octanol–water partition coefficient (Wildman–Crippen LogP) is 4.95. The predicted molar refractivity (Wildman–Crippen MR) is 123 cm³/mol. The molecule has 1 aliphatic carbocycles. The summed E-state index contributed by atoms with van der Waals surface area (Å²) < 4.78 is 3.47. The minimum atomic E-state index is -3.48. The topological polar surface area (TPSA) is 34.1 Å². The molecule has 3 heteroatoms. The van der Waals surface area contributed by atoms with Crippen molar-refractivity contribution in [3.63, 3.8) is 0 Å². The molecule has 0 saturated heterocycles. The Morgan fingerprint density at radius 1 is 0.533 bits per heavy atom. The summed E-state index contributed by atoms with van der Waals surface area (Å²) in [6, 6.07) is 31.3. The number of carbonyl (C=O) groups is 2. The molecule has 30 heavy (non-hydrogen) atoms. The summed E-state index contributed by atoms with van der Waals surface area (Å²) in [4.78, 5) is 25.4. The third-order valence-electron chi connectivity index (χ3n) is 5.68. The van der Waals surface area contributed by atoms with Crippen LogP contribution in [0, 0.1) is 0 Å². The van der Waals surface area contributed by atoms with E-state index < -0.39 is 18.4 Å². The maximum absolute atomic E-state index is 13.1. The molecule has 0 bridgehead atoms. The number of carbonyl (C=O) groups excluding carboxylic acids is 2. The Bertz CT molecular complexity index is 982. The van der Waals surface area contributed by atoms with Gasteiger partial charge in [0.05, 0.1) is 0 Å². The van der Waals surface area contributed by atoms with Gasteiger partial charge < -0.3 is 0 Å². The Kier molecular flexibility index (Phi) is 6.43. The Labute approximate surface area is 181 Å². The molecule has 3 aromatic rings. The van der Waals surface area contributed by atoms with Crippen molar-refractivity contribution in [2.75, 3.05) is 0 Å². The number of hydrogen-bond donors (Lipinski definition) is 0. The average molecular weight is 499 g/mol. The van der Waals surface area contributed by atoms with Gasteiger partial charge in [-0.1, -0.05) is 0 Å². The monoisotopic (exact) mass is 500 g/mol. The third-order valence-corrected chi connectivity index (χ3v) is 19.3. The molecule has 0 atom stereocenters. The summed E-state index contributed by atoms with van der Waals surface area (Å²) >= 11 is -3.48. The molecule has 148 valence electrons. The Balaban J connectivity index is 1.86. The molecular formula is C27H24O2Sn. The van der Waals surface area contributed by atoms with Crippen LogP contribution in [0.1, 0.15) is 16.7 Å². The fraction of sp³-hybridized carbons (Fsp3) is 0.111. The molecule has 2 nitrogen and oxygen atoms in total. The van der Waals surface area contributed by atoms with E-state index >= 15 is 0 Å². The van der Waals surface area contributed by atoms with E-state index in [2.05, 4.69) is 72.8 Å². The summed E-state index contributed by atoms with van der Waals surface area (Å²) in [7, 11) is 0. The van der Waals surface area contributed by atoms with Crippen molar-refractivity contribution in [2.24, 2.45) is 0 Å². The fourth-order valence-corrected chi connectivity index (χ4v) is 18.8. The standard InChI is InChI=1S/3C7H7.C6H3O2.Sn/c3*1-7-5-3-2-4-6-7;7-5-1-2-6(8)4-3-5;/h3*2-6H,1H2;1-3H;. The van der Waals surface area contributed by atoms with Gasteiger partial charge in [-0.2, -0.15) is 0 Å². The number of rotatable bonds is 7. The SMILES string of the molecule is O=C1C=CC(=O)[C]([Sn]([CH2]c2ccccc2)([CH2]c2ccccc2)[CH2]c2ccccc2)=C1. The molecule has 0 radical (unpaired) electrons. The maximum atomic E-state index is 13.1. The van der Waals surface area contributed by atoms with Crippen molar-refractivity contribution in [3.8, 4) is 0 Å². The molecule has 0 aliphatic heterocycles. The molecule has 0 heterocycles. The van der Waals surface area contributed by atoms with E-state index in [1.54, 1.807) is 6.08 Å². The summed E-state index contributed by atoms with van der Waals surface area (Å²) in [5, 5.41) is 0. The van der Waals surface area contributed by atoms with E-state index in [-0.39, 0.29) is 11.6 Å². The van der Waals surface area contributed by atoms with Crippen LogP contribution in [0.4, 0.5) is 0 Å². The van der Waals surface area contributed by atoms with E-state index in [1.165, 1.54) is 28.8 Å². The van der Waals surface area contributed by atoms with Crippen LogP contribution in [0.2, 0.25) is 0 Å². The number of ketones is 2. The van der Waals surface area contributed by atoms with Gasteiger partial charge in [0.25, 0.3) is 0 Å². The zero-order valence-electron chi connectivity index (χ0n) is 16.8. The van der Waals surface area contributed by atoms with Gasteiger partial charge in [0.2, 0.25) is 0 Å². The quantitative estimate of drug-likeness (QED) is 0.341. The molecule has 0 aromatic heterocycles. The third kappa shape index (κ3) is 4.88. The minimum absolute atomic E-state index is 0.0215. The summed E-state index contributed by atoms with van der Waals surface area (Å²) in [5.74, 6) is -0.0481.